The molecule has 3 aromatic rings. The summed E-state index contributed by atoms with van der Waals surface area (Å²) in [6.45, 7) is 2.54. The van der Waals surface area contributed by atoms with Crippen LogP contribution < -0.4 is 10.2 Å². The molecule has 2 amide bonds. The summed E-state index contributed by atoms with van der Waals surface area (Å²) in [5.74, 6) is -0.491. The molecule has 0 radical (unpaired) electrons. The second-order valence-corrected chi connectivity index (χ2v) is 8.55. The van der Waals surface area contributed by atoms with Gasteiger partial charge in [0.25, 0.3) is 5.91 Å². The number of rotatable bonds is 4. The summed E-state index contributed by atoms with van der Waals surface area (Å²) in [5, 5.41) is 4.09. The first-order valence-corrected chi connectivity index (χ1v) is 10.9. The molecule has 158 valence electrons. The van der Waals surface area contributed by atoms with Gasteiger partial charge in [-0.1, -0.05) is 41.4 Å². The van der Waals surface area contributed by atoms with E-state index in [2.05, 4.69) is 5.32 Å². The fourth-order valence-electron chi connectivity index (χ4n) is 3.81. The van der Waals surface area contributed by atoms with E-state index in [0.29, 0.717) is 27.8 Å². The Balaban J connectivity index is 1.54. The van der Waals surface area contributed by atoms with Crippen LogP contribution in [0, 0.1) is 0 Å². The standard InChI is InChI=1S/C25H22Cl2N2O2/c1-16(24(30)28-22-10-8-20(26)9-11-22)17-7-12-23-18(14-17)5-3-13-29(23)25(31)19-4-2-6-21(27)15-19/h2,4,6-12,14-16H,3,5,13H2,1H3,(H,28,30)/t16-/m1/s1. The van der Waals surface area contributed by atoms with Gasteiger partial charge in [0.15, 0.2) is 0 Å². The van der Waals surface area contributed by atoms with Crippen molar-refractivity contribution in [3.8, 4) is 0 Å². The fourth-order valence-corrected chi connectivity index (χ4v) is 4.13. The Morgan fingerprint density at radius 1 is 0.968 bits per heavy atom. The maximum atomic E-state index is 13.1. The number of benzene rings is 3. The third-order valence-electron chi connectivity index (χ3n) is 5.54. The lowest BCUT2D eigenvalue weighted by molar-refractivity contribution is -0.117. The first-order chi connectivity index (χ1) is 14.9. The van der Waals surface area contributed by atoms with Gasteiger partial charge in [0.2, 0.25) is 5.91 Å². The molecular weight excluding hydrogens is 431 g/mol. The van der Waals surface area contributed by atoms with E-state index in [4.69, 9.17) is 23.2 Å². The van der Waals surface area contributed by atoms with E-state index in [1.165, 1.54) is 0 Å². The molecule has 0 spiro atoms. The normalized spacial score (nSPS) is 14.0. The Morgan fingerprint density at radius 2 is 1.74 bits per heavy atom. The predicted octanol–water partition coefficient (Wildman–Crippen LogP) is 6.33. The number of hydrogen-bond donors (Lipinski definition) is 1. The van der Waals surface area contributed by atoms with Crippen LogP contribution in [0.2, 0.25) is 10.0 Å². The van der Waals surface area contributed by atoms with E-state index < -0.39 is 0 Å². The number of carbonyl (C=O) groups is 2. The van der Waals surface area contributed by atoms with Crippen molar-refractivity contribution in [2.45, 2.75) is 25.7 Å². The number of anilines is 2. The van der Waals surface area contributed by atoms with Crippen LogP contribution in [-0.2, 0) is 11.2 Å². The minimum absolute atomic E-state index is 0.0651. The monoisotopic (exact) mass is 452 g/mol. The van der Waals surface area contributed by atoms with Crippen LogP contribution in [0.5, 0.6) is 0 Å². The molecule has 1 aliphatic rings. The molecule has 0 aliphatic carbocycles. The molecular formula is C25H22Cl2N2O2. The van der Waals surface area contributed by atoms with E-state index in [9.17, 15) is 9.59 Å². The highest BCUT2D eigenvalue weighted by molar-refractivity contribution is 6.31. The molecule has 1 N–H and O–H groups in total. The van der Waals surface area contributed by atoms with E-state index in [1.54, 1.807) is 53.4 Å². The zero-order valence-electron chi connectivity index (χ0n) is 17.1. The van der Waals surface area contributed by atoms with Crippen molar-refractivity contribution in [2.24, 2.45) is 0 Å². The maximum absolute atomic E-state index is 13.1. The van der Waals surface area contributed by atoms with Crippen LogP contribution in [-0.4, -0.2) is 18.4 Å². The lowest BCUT2D eigenvalue weighted by Gasteiger charge is -2.30. The van der Waals surface area contributed by atoms with Crippen molar-refractivity contribution in [3.05, 3.63) is 93.5 Å². The van der Waals surface area contributed by atoms with E-state index in [-0.39, 0.29) is 17.7 Å². The molecule has 4 rings (SSSR count). The summed E-state index contributed by atoms with van der Waals surface area (Å²) < 4.78 is 0. The van der Waals surface area contributed by atoms with Crippen LogP contribution in [0.25, 0.3) is 0 Å². The average Bonchev–Trinajstić information content (AvgIpc) is 2.78. The fraction of sp³-hybridized carbons (Fsp3) is 0.200. The molecule has 4 nitrogen and oxygen atoms in total. The van der Waals surface area contributed by atoms with E-state index >= 15 is 0 Å². The van der Waals surface area contributed by atoms with Gasteiger partial charge in [0.05, 0.1) is 5.92 Å². The Bertz CT molecular complexity index is 1130. The van der Waals surface area contributed by atoms with Crippen LogP contribution >= 0.6 is 23.2 Å². The van der Waals surface area contributed by atoms with Gasteiger partial charge in [-0.2, -0.15) is 0 Å². The van der Waals surface area contributed by atoms with Crippen molar-refractivity contribution >= 4 is 46.4 Å². The minimum atomic E-state index is -0.333. The van der Waals surface area contributed by atoms with Gasteiger partial charge in [0.1, 0.15) is 0 Å². The topological polar surface area (TPSA) is 49.4 Å². The van der Waals surface area contributed by atoms with E-state index in [0.717, 1.165) is 29.7 Å². The number of carbonyl (C=O) groups excluding carboxylic acids is 2. The predicted molar refractivity (Wildman–Crippen MR) is 126 cm³/mol. The number of amides is 2. The van der Waals surface area contributed by atoms with Gasteiger partial charge in [0, 0.05) is 33.5 Å². The summed E-state index contributed by atoms with van der Waals surface area (Å²) in [7, 11) is 0. The quantitative estimate of drug-likeness (QED) is 0.502. The first kappa shape index (κ1) is 21.4. The number of halogens is 2. The molecule has 0 unspecified atom stereocenters. The molecule has 0 saturated carbocycles. The van der Waals surface area contributed by atoms with Gasteiger partial charge in [-0.25, -0.2) is 0 Å². The summed E-state index contributed by atoms with van der Waals surface area (Å²) in [4.78, 5) is 27.6. The number of nitrogens with zero attached hydrogens (tertiary/aromatic N) is 1. The third kappa shape index (κ3) is 4.76. The third-order valence-corrected chi connectivity index (χ3v) is 6.03. The summed E-state index contributed by atoms with van der Waals surface area (Å²) >= 11 is 12.0. The van der Waals surface area contributed by atoms with Crippen LogP contribution in [0.15, 0.2) is 66.7 Å². The van der Waals surface area contributed by atoms with Crippen molar-refractivity contribution in [1.82, 2.24) is 0 Å². The molecule has 1 atom stereocenters. The molecule has 6 heteroatoms. The number of aryl methyl sites for hydroxylation is 1. The van der Waals surface area contributed by atoms with Crippen molar-refractivity contribution < 1.29 is 9.59 Å². The Hall–Kier alpha value is -2.82. The number of hydrogen-bond acceptors (Lipinski definition) is 2. The van der Waals surface area contributed by atoms with Crippen LogP contribution in [0.3, 0.4) is 0 Å². The maximum Gasteiger partial charge on any atom is 0.258 e. The van der Waals surface area contributed by atoms with Gasteiger partial charge in [-0.3, -0.25) is 9.59 Å². The molecule has 0 bridgehead atoms. The molecule has 31 heavy (non-hydrogen) atoms. The Kier molecular flexibility index (Phi) is 6.30. The average molecular weight is 453 g/mol. The summed E-state index contributed by atoms with van der Waals surface area (Å²) in [6.07, 6.45) is 1.74. The highest BCUT2D eigenvalue weighted by Crippen LogP contribution is 2.32. The highest BCUT2D eigenvalue weighted by atomic mass is 35.5. The van der Waals surface area contributed by atoms with E-state index in [1.807, 2.05) is 25.1 Å². The molecule has 0 aromatic heterocycles. The van der Waals surface area contributed by atoms with Crippen LogP contribution in [0.1, 0.15) is 40.7 Å². The largest absolute Gasteiger partial charge is 0.326 e. The molecule has 0 fully saturated rings. The summed E-state index contributed by atoms with van der Waals surface area (Å²) in [6, 6.07) is 20.0. The molecule has 1 heterocycles. The minimum Gasteiger partial charge on any atom is -0.326 e. The van der Waals surface area contributed by atoms with Crippen molar-refractivity contribution in [2.75, 3.05) is 16.8 Å². The zero-order chi connectivity index (χ0) is 22.0. The van der Waals surface area contributed by atoms with Gasteiger partial charge < -0.3 is 10.2 Å². The Morgan fingerprint density at radius 3 is 2.48 bits per heavy atom. The second kappa shape index (κ2) is 9.13. The van der Waals surface area contributed by atoms with Gasteiger partial charge >= 0.3 is 0 Å². The van der Waals surface area contributed by atoms with Crippen LogP contribution in [0.4, 0.5) is 11.4 Å². The molecule has 0 saturated heterocycles. The lowest BCUT2D eigenvalue weighted by Crippen LogP contribution is -2.35. The van der Waals surface area contributed by atoms with Crippen molar-refractivity contribution in [3.63, 3.8) is 0 Å². The lowest BCUT2D eigenvalue weighted by atomic mass is 9.93. The zero-order valence-corrected chi connectivity index (χ0v) is 18.6. The Labute approximate surface area is 191 Å². The molecule has 1 aliphatic heterocycles. The summed E-state index contributed by atoms with van der Waals surface area (Å²) in [5.41, 5.74) is 4.16. The molecule has 3 aromatic carbocycles. The van der Waals surface area contributed by atoms with Gasteiger partial charge in [-0.15, -0.1) is 0 Å². The highest BCUT2D eigenvalue weighted by Gasteiger charge is 2.25. The number of fused-ring (bicyclic) bond motifs is 1. The van der Waals surface area contributed by atoms with Gasteiger partial charge in [-0.05, 0) is 79.4 Å². The second-order valence-electron chi connectivity index (χ2n) is 7.68. The van der Waals surface area contributed by atoms with Crippen molar-refractivity contribution in [1.29, 1.82) is 0 Å². The number of nitrogens with one attached hydrogen (secondary N) is 1. The first-order valence-electron chi connectivity index (χ1n) is 10.2. The SMILES string of the molecule is C[C@@H](C(=O)Nc1ccc(Cl)cc1)c1ccc2c(c1)CCCN2C(=O)c1cccc(Cl)c1. The smallest absolute Gasteiger partial charge is 0.258 e.